The maximum absolute atomic E-state index is 13.8. The number of nitrogens with zero attached hydrogens (tertiary/aromatic N) is 3. The molecule has 168 valence electrons. The molecule has 2 N–H and O–H groups in total. The molecule has 0 spiro atoms. The van der Waals surface area contributed by atoms with Crippen LogP contribution < -0.4 is 10.6 Å². The van der Waals surface area contributed by atoms with Crippen molar-refractivity contribution in [3.63, 3.8) is 0 Å². The number of fused-ring (bicyclic) bond motifs is 1. The van der Waals surface area contributed by atoms with Crippen molar-refractivity contribution in [3.05, 3.63) is 46.1 Å². The first kappa shape index (κ1) is 22.1. The lowest BCUT2D eigenvalue weighted by molar-refractivity contribution is -0.173. The van der Waals surface area contributed by atoms with Crippen molar-refractivity contribution in [1.82, 2.24) is 20.0 Å². The van der Waals surface area contributed by atoms with Gasteiger partial charge in [-0.25, -0.2) is 4.68 Å². The molecule has 2 aliphatic rings. The van der Waals surface area contributed by atoms with Crippen molar-refractivity contribution in [1.29, 1.82) is 0 Å². The third-order valence-corrected chi connectivity index (χ3v) is 6.04. The first-order chi connectivity index (χ1) is 14.8. The van der Waals surface area contributed by atoms with Gasteiger partial charge in [-0.3, -0.25) is 9.69 Å². The van der Waals surface area contributed by atoms with Crippen LogP contribution in [-0.4, -0.2) is 66.2 Å². The average molecular weight is 502 g/mol. The fourth-order valence-corrected chi connectivity index (χ4v) is 4.11. The maximum atomic E-state index is 13.8. The van der Waals surface area contributed by atoms with Crippen molar-refractivity contribution < 1.29 is 22.7 Å². The molecule has 1 aromatic carbocycles. The summed E-state index contributed by atoms with van der Waals surface area (Å²) in [5.41, 5.74) is 0.705. The van der Waals surface area contributed by atoms with E-state index in [1.807, 2.05) is 0 Å². The van der Waals surface area contributed by atoms with E-state index >= 15 is 0 Å². The van der Waals surface area contributed by atoms with Crippen molar-refractivity contribution in [2.45, 2.75) is 24.7 Å². The van der Waals surface area contributed by atoms with E-state index in [1.165, 1.54) is 6.07 Å². The molecule has 0 aliphatic carbocycles. The van der Waals surface area contributed by atoms with Gasteiger partial charge < -0.3 is 15.4 Å². The number of amides is 1. The summed E-state index contributed by atoms with van der Waals surface area (Å²) in [4.78, 5) is 14.7. The Balaban J connectivity index is 1.48. The van der Waals surface area contributed by atoms with Crippen LogP contribution in [0.25, 0.3) is 0 Å². The predicted octanol–water partition coefficient (Wildman–Crippen LogP) is 3.37. The Morgan fingerprint density at radius 3 is 2.65 bits per heavy atom. The number of benzene rings is 1. The second-order valence-electron chi connectivity index (χ2n) is 7.61. The summed E-state index contributed by atoms with van der Waals surface area (Å²) in [5, 5.41) is 9.83. The van der Waals surface area contributed by atoms with E-state index in [4.69, 9.17) is 4.74 Å². The van der Waals surface area contributed by atoms with Gasteiger partial charge in [-0.05, 0) is 17.7 Å². The van der Waals surface area contributed by atoms with Gasteiger partial charge >= 0.3 is 6.18 Å². The molecule has 2 aliphatic heterocycles. The molecule has 1 aromatic heterocycles. The SMILES string of the molecule is O=C(NCCN1CCOCC1)c1cc2n(n1)C(C(F)(F)F)CC(c1ccc(Br)cc1)N2. The summed E-state index contributed by atoms with van der Waals surface area (Å²) >= 11 is 3.34. The van der Waals surface area contributed by atoms with Crippen LogP contribution in [-0.2, 0) is 4.74 Å². The van der Waals surface area contributed by atoms with E-state index in [2.05, 4.69) is 36.6 Å². The largest absolute Gasteiger partial charge is 0.410 e. The van der Waals surface area contributed by atoms with Crippen LogP contribution in [0.4, 0.5) is 19.0 Å². The Morgan fingerprint density at radius 1 is 1.26 bits per heavy atom. The molecule has 1 saturated heterocycles. The fraction of sp³-hybridized carbons (Fsp3) is 0.500. The smallest absolute Gasteiger partial charge is 0.379 e. The number of nitrogens with one attached hydrogen (secondary N) is 2. The van der Waals surface area contributed by atoms with Crippen molar-refractivity contribution in [3.8, 4) is 0 Å². The molecule has 0 radical (unpaired) electrons. The number of carbonyl (C=O) groups is 1. The lowest BCUT2D eigenvalue weighted by Gasteiger charge is -2.33. The fourth-order valence-electron chi connectivity index (χ4n) is 3.84. The first-order valence-corrected chi connectivity index (χ1v) is 10.9. The van der Waals surface area contributed by atoms with Crippen LogP contribution in [0.2, 0.25) is 0 Å². The average Bonchev–Trinajstić information content (AvgIpc) is 3.18. The molecule has 2 aromatic rings. The number of hydrogen-bond donors (Lipinski definition) is 2. The van der Waals surface area contributed by atoms with Crippen LogP contribution in [0.15, 0.2) is 34.8 Å². The highest BCUT2D eigenvalue weighted by atomic mass is 79.9. The summed E-state index contributed by atoms with van der Waals surface area (Å²) < 4.78 is 48.4. The van der Waals surface area contributed by atoms with Crippen molar-refractivity contribution in [2.75, 3.05) is 44.7 Å². The molecule has 31 heavy (non-hydrogen) atoms. The van der Waals surface area contributed by atoms with E-state index in [1.54, 1.807) is 24.3 Å². The van der Waals surface area contributed by atoms with Crippen LogP contribution in [0.3, 0.4) is 0 Å². The van der Waals surface area contributed by atoms with Gasteiger partial charge in [-0.15, -0.1) is 0 Å². The topological polar surface area (TPSA) is 71.4 Å². The van der Waals surface area contributed by atoms with Crippen LogP contribution in [0, 0.1) is 0 Å². The Morgan fingerprint density at radius 2 is 1.97 bits per heavy atom. The standard InChI is InChI=1S/C20H23BrF3N5O2/c21-14-3-1-13(2-4-14)15-11-17(20(22,23)24)29-18(26-15)12-16(27-29)19(30)25-5-6-28-7-9-31-10-8-28/h1-4,12,15,17,26H,5-11H2,(H,25,30). The zero-order valence-corrected chi connectivity index (χ0v) is 18.2. The third-order valence-electron chi connectivity index (χ3n) is 5.51. The molecule has 4 rings (SSSR count). The van der Waals surface area contributed by atoms with Crippen molar-refractivity contribution >= 4 is 27.7 Å². The van der Waals surface area contributed by atoms with Gasteiger partial charge in [0.25, 0.3) is 5.91 Å². The number of anilines is 1. The summed E-state index contributed by atoms with van der Waals surface area (Å²) in [6.45, 7) is 3.94. The van der Waals surface area contributed by atoms with Gasteiger partial charge in [0.15, 0.2) is 11.7 Å². The summed E-state index contributed by atoms with van der Waals surface area (Å²) in [5.74, 6) is -0.308. The Bertz CT molecular complexity index is 913. The zero-order chi connectivity index (χ0) is 22.0. The van der Waals surface area contributed by atoms with Gasteiger partial charge in [0, 0.05) is 43.1 Å². The molecule has 0 bridgehead atoms. The van der Waals surface area contributed by atoms with Gasteiger partial charge in [-0.2, -0.15) is 18.3 Å². The summed E-state index contributed by atoms with van der Waals surface area (Å²) in [6.07, 6.45) is -4.70. The molecular formula is C20H23BrF3N5O2. The van der Waals surface area contributed by atoms with E-state index in [-0.39, 0.29) is 17.9 Å². The number of ether oxygens (including phenoxy) is 1. The Kier molecular flexibility index (Phi) is 6.54. The Hall–Kier alpha value is -2.11. The predicted molar refractivity (Wildman–Crippen MR) is 112 cm³/mol. The van der Waals surface area contributed by atoms with Crippen molar-refractivity contribution in [2.24, 2.45) is 0 Å². The number of rotatable bonds is 5. The molecule has 2 atom stereocenters. The highest BCUT2D eigenvalue weighted by molar-refractivity contribution is 9.10. The number of halogens is 4. The van der Waals surface area contributed by atoms with Gasteiger partial charge in [0.05, 0.1) is 19.3 Å². The molecule has 11 heteroatoms. The molecule has 3 heterocycles. The van der Waals surface area contributed by atoms with Crippen LogP contribution in [0.5, 0.6) is 0 Å². The zero-order valence-electron chi connectivity index (χ0n) is 16.7. The lowest BCUT2D eigenvalue weighted by atomic mass is 9.97. The number of hydrogen-bond acceptors (Lipinski definition) is 5. The van der Waals surface area contributed by atoms with E-state index in [0.717, 1.165) is 27.8 Å². The second-order valence-corrected chi connectivity index (χ2v) is 8.53. The Labute approximate surface area is 186 Å². The quantitative estimate of drug-likeness (QED) is 0.657. The third kappa shape index (κ3) is 5.21. The summed E-state index contributed by atoms with van der Waals surface area (Å²) in [7, 11) is 0. The number of morpholine rings is 1. The minimum Gasteiger partial charge on any atom is -0.379 e. The normalized spacial score (nSPS) is 21.9. The molecule has 1 amide bonds. The molecule has 2 unspecified atom stereocenters. The maximum Gasteiger partial charge on any atom is 0.410 e. The van der Waals surface area contributed by atoms with Gasteiger partial charge in [0.2, 0.25) is 0 Å². The van der Waals surface area contributed by atoms with Crippen LogP contribution >= 0.6 is 15.9 Å². The molecular weight excluding hydrogens is 479 g/mol. The number of alkyl halides is 3. The highest BCUT2D eigenvalue weighted by Crippen LogP contribution is 2.43. The van der Waals surface area contributed by atoms with E-state index in [0.29, 0.717) is 26.3 Å². The second kappa shape index (κ2) is 9.17. The number of carbonyl (C=O) groups excluding carboxylic acids is 1. The monoisotopic (exact) mass is 501 g/mol. The molecule has 1 fully saturated rings. The van der Waals surface area contributed by atoms with E-state index in [9.17, 15) is 18.0 Å². The first-order valence-electron chi connectivity index (χ1n) is 10.1. The number of aromatic nitrogens is 2. The van der Waals surface area contributed by atoms with Gasteiger partial charge in [0.1, 0.15) is 5.82 Å². The lowest BCUT2D eigenvalue weighted by Crippen LogP contribution is -2.41. The van der Waals surface area contributed by atoms with E-state index < -0.39 is 24.2 Å². The van der Waals surface area contributed by atoms with Gasteiger partial charge in [-0.1, -0.05) is 28.1 Å². The van der Waals surface area contributed by atoms with Crippen LogP contribution in [0.1, 0.15) is 34.6 Å². The molecule has 0 saturated carbocycles. The minimum atomic E-state index is -4.49. The molecule has 7 nitrogen and oxygen atoms in total. The summed E-state index contributed by atoms with van der Waals surface area (Å²) in [6, 6.07) is 6.17. The minimum absolute atomic E-state index is 0.0322. The highest BCUT2D eigenvalue weighted by Gasteiger charge is 2.46.